The van der Waals surface area contributed by atoms with Gasteiger partial charge in [-0.3, -0.25) is 9.59 Å². The number of esters is 2. The summed E-state index contributed by atoms with van der Waals surface area (Å²) < 4.78 is 13.7. The summed E-state index contributed by atoms with van der Waals surface area (Å²) in [5, 5.41) is 11.9. The van der Waals surface area contributed by atoms with E-state index in [9.17, 15) is 9.59 Å². The van der Waals surface area contributed by atoms with Crippen LogP contribution < -0.4 is 0 Å². The van der Waals surface area contributed by atoms with E-state index in [1.165, 1.54) is 6.92 Å². The maximum atomic E-state index is 12.4. The normalized spacial score (nSPS) is 16.3. The lowest BCUT2D eigenvalue weighted by molar-refractivity contribution is -0.432. The summed E-state index contributed by atoms with van der Waals surface area (Å²) in [6.07, 6.45) is 1.50. The molecular formula is C16H30O7S. The lowest BCUT2D eigenvalue weighted by atomic mass is 10.1. The highest BCUT2D eigenvalue weighted by Crippen LogP contribution is 2.32. The zero-order chi connectivity index (χ0) is 18.8. The van der Waals surface area contributed by atoms with Crippen molar-refractivity contribution >= 4 is 24.0 Å². The fourth-order valence-electron chi connectivity index (χ4n) is 2.25. The van der Waals surface area contributed by atoms with Crippen LogP contribution in [0, 0.1) is 5.92 Å². The summed E-state index contributed by atoms with van der Waals surface area (Å²) in [5.41, 5.74) is 0. The van der Waals surface area contributed by atoms with Crippen LogP contribution in [0.25, 0.3) is 0 Å². The van der Waals surface area contributed by atoms with E-state index < -0.39 is 16.7 Å². The second-order valence-corrected chi connectivity index (χ2v) is 7.77. The first-order valence-electron chi connectivity index (χ1n) is 8.21. The van der Waals surface area contributed by atoms with Crippen molar-refractivity contribution in [2.75, 3.05) is 0 Å². The van der Waals surface area contributed by atoms with Gasteiger partial charge in [-0.2, -0.15) is 0 Å². The van der Waals surface area contributed by atoms with Gasteiger partial charge in [-0.05, 0) is 39.5 Å². The van der Waals surface area contributed by atoms with Crippen molar-refractivity contribution in [2.45, 2.75) is 84.2 Å². The molecule has 0 aliphatic rings. The summed E-state index contributed by atoms with van der Waals surface area (Å²) in [6, 6.07) is 0. The van der Waals surface area contributed by atoms with Gasteiger partial charge in [-0.15, -0.1) is 4.33 Å². The van der Waals surface area contributed by atoms with E-state index in [-0.39, 0.29) is 18.6 Å². The maximum Gasteiger partial charge on any atom is 0.325 e. The number of ether oxygens (including phenoxy) is 2. The smallest absolute Gasteiger partial charge is 0.325 e. The molecule has 0 aliphatic carbocycles. The average molecular weight is 366 g/mol. The van der Waals surface area contributed by atoms with Crippen LogP contribution in [0.5, 0.6) is 0 Å². The number of carbonyl (C=O) groups is 2. The van der Waals surface area contributed by atoms with Gasteiger partial charge in [-0.25, -0.2) is 5.26 Å². The van der Waals surface area contributed by atoms with Crippen molar-refractivity contribution in [2.24, 2.45) is 5.92 Å². The van der Waals surface area contributed by atoms with Gasteiger partial charge in [0.05, 0.1) is 30.7 Å². The Kier molecular flexibility index (Phi) is 11.3. The molecule has 0 aromatic rings. The molecule has 0 heterocycles. The molecule has 24 heavy (non-hydrogen) atoms. The third-order valence-electron chi connectivity index (χ3n) is 3.30. The minimum absolute atomic E-state index is 0.253. The molecule has 0 aromatic carbocycles. The van der Waals surface area contributed by atoms with Crippen LogP contribution in [-0.4, -0.2) is 34.2 Å². The fourth-order valence-corrected chi connectivity index (χ4v) is 2.73. The molecule has 0 spiro atoms. The highest BCUT2D eigenvalue weighted by atomic mass is 32.2. The largest absolute Gasteiger partial charge is 0.463 e. The number of hydrogen-bond donors (Lipinski definition) is 1. The third-order valence-corrected chi connectivity index (χ3v) is 4.11. The Bertz CT molecular complexity index is 389. The monoisotopic (exact) mass is 366 g/mol. The van der Waals surface area contributed by atoms with Crippen LogP contribution >= 0.6 is 12.0 Å². The van der Waals surface area contributed by atoms with Gasteiger partial charge in [0.25, 0.3) is 0 Å². The van der Waals surface area contributed by atoms with Crippen LogP contribution in [0.15, 0.2) is 0 Å². The molecule has 0 amide bonds. The lowest BCUT2D eigenvalue weighted by Gasteiger charge is -2.26. The summed E-state index contributed by atoms with van der Waals surface area (Å²) in [7, 11) is 0. The van der Waals surface area contributed by atoms with E-state index in [0.717, 1.165) is 12.8 Å². The molecule has 3 unspecified atom stereocenters. The van der Waals surface area contributed by atoms with Crippen molar-refractivity contribution < 1.29 is 33.7 Å². The van der Waals surface area contributed by atoms with Crippen LogP contribution in [0.1, 0.15) is 67.2 Å². The van der Waals surface area contributed by atoms with Crippen molar-refractivity contribution in [3.63, 3.8) is 0 Å². The molecule has 0 radical (unpaired) electrons. The molecule has 1 N–H and O–H groups in total. The minimum Gasteiger partial charge on any atom is -0.463 e. The Morgan fingerprint density at radius 1 is 1.12 bits per heavy atom. The molecule has 142 valence electrons. The quantitative estimate of drug-likeness (QED) is 0.240. The Labute approximate surface area is 148 Å². The molecule has 0 fully saturated rings. The SMILES string of the molecule is CCCC(C)OC(=O)C(C)(CC(=O)OC(C)CC(C)C)SOOO. The summed E-state index contributed by atoms with van der Waals surface area (Å²) in [5.74, 6) is -0.779. The second-order valence-electron chi connectivity index (χ2n) is 6.57. The van der Waals surface area contributed by atoms with E-state index in [1.807, 2.05) is 20.8 Å². The van der Waals surface area contributed by atoms with Crippen molar-refractivity contribution in [3.8, 4) is 0 Å². The highest BCUT2D eigenvalue weighted by molar-refractivity contribution is 7.96. The van der Waals surface area contributed by atoms with E-state index in [2.05, 4.69) is 9.37 Å². The minimum atomic E-state index is -1.39. The summed E-state index contributed by atoms with van der Waals surface area (Å²) >= 11 is 0.514. The first-order valence-corrected chi connectivity index (χ1v) is 8.95. The number of hydrogen-bond acceptors (Lipinski definition) is 8. The standard InChI is InChI=1S/C16H30O7S/c1-7-8-12(4)21-15(18)16(6,24-23-22-19)10-14(17)20-13(5)9-11(2)3/h11-13,19H,7-10H2,1-6H3. The summed E-state index contributed by atoms with van der Waals surface area (Å²) in [6.45, 7) is 11.1. The molecule has 3 atom stereocenters. The van der Waals surface area contributed by atoms with Crippen molar-refractivity contribution in [1.29, 1.82) is 0 Å². The fraction of sp³-hybridized carbons (Fsp3) is 0.875. The van der Waals surface area contributed by atoms with Gasteiger partial charge < -0.3 is 9.47 Å². The molecule has 0 aromatic heterocycles. The zero-order valence-electron chi connectivity index (χ0n) is 15.4. The van der Waals surface area contributed by atoms with Gasteiger partial charge >= 0.3 is 11.9 Å². The van der Waals surface area contributed by atoms with Crippen LogP contribution in [-0.2, 0) is 28.4 Å². The first kappa shape index (κ1) is 23.2. The molecular weight excluding hydrogens is 336 g/mol. The van der Waals surface area contributed by atoms with Gasteiger partial charge in [0, 0.05) is 0 Å². The Morgan fingerprint density at radius 2 is 1.75 bits per heavy atom. The number of rotatable bonds is 12. The average Bonchev–Trinajstić information content (AvgIpc) is 2.43. The molecule has 0 saturated heterocycles. The van der Waals surface area contributed by atoms with Crippen LogP contribution in [0.4, 0.5) is 0 Å². The third kappa shape index (κ3) is 9.46. The lowest BCUT2D eigenvalue weighted by Crippen LogP contribution is -2.39. The molecule has 0 saturated carbocycles. The van der Waals surface area contributed by atoms with E-state index in [1.54, 1.807) is 13.8 Å². The van der Waals surface area contributed by atoms with Crippen LogP contribution in [0.3, 0.4) is 0 Å². The topological polar surface area (TPSA) is 91.3 Å². The molecule has 0 aliphatic heterocycles. The predicted molar refractivity (Wildman–Crippen MR) is 90.9 cm³/mol. The molecule has 8 heteroatoms. The zero-order valence-corrected chi connectivity index (χ0v) is 16.2. The highest BCUT2D eigenvalue weighted by Gasteiger charge is 2.42. The van der Waals surface area contributed by atoms with Gasteiger partial charge in [0.2, 0.25) is 0 Å². The molecule has 7 nitrogen and oxygen atoms in total. The van der Waals surface area contributed by atoms with Crippen molar-refractivity contribution in [1.82, 2.24) is 0 Å². The molecule has 0 rings (SSSR count). The van der Waals surface area contributed by atoms with Crippen molar-refractivity contribution in [3.05, 3.63) is 0 Å². The Hall–Kier alpha value is -0.830. The first-order chi connectivity index (χ1) is 11.1. The second kappa shape index (κ2) is 11.7. The maximum absolute atomic E-state index is 12.4. The predicted octanol–water partition coefficient (Wildman–Crippen LogP) is 3.91. The van der Waals surface area contributed by atoms with E-state index in [0.29, 0.717) is 24.4 Å². The van der Waals surface area contributed by atoms with Crippen LogP contribution in [0.2, 0.25) is 0 Å². The molecule has 0 bridgehead atoms. The Morgan fingerprint density at radius 3 is 2.25 bits per heavy atom. The summed E-state index contributed by atoms with van der Waals surface area (Å²) in [4.78, 5) is 24.5. The Balaban J connectivity index is 4.83. The number of carbonyl (C=O) groups excluding carboxylic acids is 2. The van der Waals surface area contributed by atoms with Gasteiger partial charge in [0.1, 0.15) is 0 Å². The van der Waals surface area contributed by atoms with Gasteiger partial charge in [0.15, 0.2) is 4.75 Å². The van der Waals surface area contributed by atoms with Gasteiger partial charge in [-0.1, -0.05) is 32.2 Å². The van der Waals surface area contributed by atoms with E-state index in [4.69, 9.17) is 14.7 Å². The van der Waals surface area contributed by atoms with E-state index >= 15 is 0 Å².